The van der Waals surface area contributed by atoms with Crippen molar-refractivity contribution in [1.29, 1.82) is 0 Å². The molecule has 0 radical (unpaired) electrons. The first-order valence-corrected chi connectivity index (χ1v) is 4.72. The van der Waals surface area contributed by atoms with Crippen LogP contribution < -0.4 is 5.32 Å². The number of halogens is 1. The molecule has 1 N–H and O–H groups in total. The van der Waals surface area contributed by atoms with Gasteiger partial charge in [-0.1, -0.05) is 12.1 Å². The summed E-state index contributed by atoms with van der Waals surface area (Å²) in [6.07, 6.45) is 2.46. The summed E-state index contributed by atoms with van der Waals surface area (Å²) in [7, 11) is 0. The number of rotatable bonds is 4. The van der Waals surface area contributed by atoms with Crippen molar-refractivity contribution in [3.8, 4) is 0 Å². The van der Waals surface area contributed by atoms with E-state index in [-0.39, 0.29) is 23.0 Å². The van der Waals surface area contributed by atoms with Crippen LogP contribution in [0.2, 0.25) is 0 Å². The summed E-state index contributed by atoms with van der Waals surface area (Å²) in [6, 6.07) is 7.40. The molecule has 4 nitrogen and oxygen atoms in total. The number of hydrogen-bond donors (Lipinski definition) is 1. The predicted octanol–water partition coefficient (Wildman–Crippen LogP) is 2.27. The normalized spacial score (nSPS) is 14.4. The molecule has 0 aliphatic heterocycles. The van der Waals surface area contributed by atoms with E-state index in [1.54, 1.807) is 12.1 Å². The van der Waals surface area contributed by atoms with Gasteiger partial charge in [0, 0.05) is 24.7 Å². The minimum atomic E-state index is -0.360. The van der Waals surface area contributed by atoms with Crippen molar-refractivity contribution in [2.75, 3.05) is 0 Å². The van der Waals surface area contributed by atoms with Gasteiger partial charge in [0.25, 0.3) is 5.69 Å². The first-order valence-electron chi connectivity index (χ1n) is 4.72. The second-order valence-electron chi connectivity index (χ2n) is 3.58. The molecule has 1 aromatic carbocycles. The van der Waals surface area contributed by atoms with Gasteiger partial charge in [0.05, 0.1) is 4.92 Å². The van der Waals surface area contributed by atoms with E-state index >= 15 is 0 Å². The molecule has 2 rings (SSSR count). The zero-order valence-electron chi connectivity index (χ0n) is 8.18. The van der Waals surface area contributed by atoms with Crippen LogP contribution in [0.25, 0.3) is 0 Å². The van der Waals surface area contributed by atoms with Crippen LogP contribution in [-0.4, -0.2) is 11.0 Å². The van der Waals surface area contributed by atoms with Gasteiger partial charge in [-0.25, -0.2) is 0 Å². The van der Waals surface area contributed by atoms with Crippen molar-refractivity contribution in [3.63, 3.8) is 0 Å². The van der Waals surface area contributed by atoms with E-state index in [0.717, 1.165) is 12.1 Å². The number of nitro benzene ring substituents is 1. The number of benzene rings is 1. The monoisotopic (exact) mass is 228 g/mol. The third kappa shape index (κ3) is 3.49. The minimum Gasteiger partial charge on any atom is -0.310 e. The number of nitro groups is 1. The molecule has 1 saturated carbocycles. The Balaban J connectivity index is 0.00000112. The van der Waals surface area contributed by atoms with Crippen LogP contribution in [0.5, 0.6) is 0 Å². The van der Waals surface area contributed by atoms with Gasteiger partial charge in [-0.2, -0.15) is 0 Å². The van der Waals surface area contributed by atoms with Crippen molar-refractivity contribution in [2.24, 2.45) is 0 Å². The van der Waals surface area contributed by atoms with Crippen molar-refractivity contribution in [3.05, 3.63) is 39.9 Å². The number of nitrogens with zero attached hydrogens (tertiary/aromatic N) is 1. The van der Waals surface area contributed by atoms with Crippen molar-refractivity contribution in [2.45, 2.75) is 25.4 Å². The van der Waals surface area contributed by atoms with Gasteiger partial charge >= 0.3 is 0 Å². The largest absolute Gasteiger partial charge is 0.310 e. The van der Waals surface area contributed by atoms with Crippen LogP contribution in [0.4, 0.5) is 5.69 Å². The van der Waals surface area contributed by atoms with E-state index < -0.39 is 0 Å². The second-order valence-corrected chi connectivity index (χ2v) is 3.58. The molecule has 0 unspecified atom stereocenters. The molecule has 0 aromatic heterocycles. The fraction of sp³-hybridized carbons (Fsp3) is 0.400. The lowest BCUT2D eigenvalue weighted by Gasteiger charge is -2.02. The van der Waals surface area contributed by atoms with E-state index in [4.69, 9.17) is 0 Å². The molecule has 15 heavy (non-hydrogen) atoms. The molecular formula is C10H13ClN2O2. The smallest absolute Gasteiger partial charge is 0.269 e. The van der Waals surface area contributed by atoms with Crippen LogP contribution in [0.1, 0.15) is 18.4 Å². The highest BCUT2D eigenvalue weighted by molar-refractivity contribution is 5.85. The minimum absolute atomic E-state index is 0. The maximum Gasteiger partial charge on any atom is 0.269 e. The third-order valence-corrected chi connectivity index (χ3v) is 2.29. The van der Waals surface area contributed by atoms with Gasteiger partial charge in [-0.3, -0.25) is 10.1 Å². The summed E-state index contributed by atoms with van der Waals surface area (Å²) >= 11 is 0. The number of nitrogens with one attached hydrogen (secondary N) is 1. The van der Waals surface area contributed by atoms with Crippen LogP contribution in [0, 0.1) is 10.1 Å². The highest BCUT2D eigenvalue weighted by Crippen LogP contribution is 2.20. The Morgan fingerprint density at radius 3 is 2.80 bits per heavy atom. The van der Waals surface area contributed by atoms with Gasteiger partial charge < -0.3 is 5.32 Å². The van der Waals surface area contributed by atoms with Gasteiger partial charge in [0.2, 0.25) is 0 Å². The van der Waals surface area contributed by atoms with E-state index in [2.05, 4.69) is 5.32 Å². The Bertz CT molecular complexity index is 353. The topological polar surface area (TPSA) is 55.2 Å². The summed E-state index contributed by atoms with van der Waals surface area (Å²) in [5.74, 6) is 0. The molecule has 1 aromatic rings. The molecule has 82 valence electrons. The van der Waals surface area contributed by atoms with E-state index in [0.29, 0.717) is 6.04 Å². The van der Waals surface area contributed by atoms with Crippen molar-refractivity contribution >= 4 is 18.1 Å². The maximum atomic E-state index is 10.5. The predicted molar refractivity (Wildman–Crippen MR) is 60.2 cm³/mol. The van der Waals surface area contributed by atoms with Gasteiger partial charge in [-0.15, -0.1) is 12.4 Å². The Kier molecular flexibility index (Phi) is 4.05. The number of hydrogen-bond acceptors (Lipinski definition) is 3. The first kappa shape index (κ1) is 11.9. The quantitative estimate of drug-likeness (QED) is 0.635. The highest BCUT2D eigenvalue weighted by Gasteiger charge is 2.20. The summed E-state index contributed by atoms with van der Waals surface area (Å²) in [5.41, 5.74) is 1.14. The molecule has 0 spiro atoms. The van der Waals surface area contributed by atoms with E-state index in [1.807, 2.05) is 6.07 Å². The number of non-ortho nitro benzene ring substituents is 1. The molecule has 0 heterocycles. The van der Waals surface area contributed by atoms with Gasteiger partial charge in [0.15, 0.2) is 0 Å². The maximum absolute atomic E-state index is 10.5. The van der Waals surface area contributed by atoms with Crippen LogP contribution in [0.3, 0.4) is 0 Å². The average molecular weight is 229 g/mol. The lowest BCUT2D eigenvalue weighted by atomic mass is 10.2. The standard InChI is InChI=1S/C10H12N2O2.ClH/c13-12(14)10-3-1-2-8(6-10)7-11-9-4-5-9;/h1-3,6,9,11H,4-5,7H2;1H. The van der Waals surface area contributed by atoms with Gasteiger partial charge in [-0.05, 0) is 18.4 Å². The molecule has 5 heteroatoms. The summed E-state index contributed by atoms with van der Waals surface area (Å²) in [6.45, 7) is 0.729. The molecule has 1 aliphatic carbocycles. The third-order valence-electron chi connectivity index (χ3n) is 2.29. The highest BCUT2D eigenvalue weighted by atomic mass is 35.5. The van der Waals surface area contributed by atoms with Crippen LogP contribution >= 0.6 is 12.4 Å². The summed E-state index contributed by atoms with van der Waals surface area (Å²) < 4.78 is 0. The Labute approximate surface area is 94.2 Å². The molecular weight excluding hydrogens is 216 g/mol. The molecule has 0 amide bonds. The summed E-state index contributed by atoms with van der Waals surface area (Å²) in [4.78, 5) is 10.1. The van der Waals surface area contributed by atoms with Crippen molar-refractivity contribution in [1.82, 2.24) is 5.32 Å². The lowest BCUT2D eigenvalue weighted by Crippen LogP contribution is -2.15. The van der Waals surface area contributed by atoms with E-state index in [1.165, 1.54) is 18.9 Å². The zero-order valence-corrected chi connectivity index (χ0v) is 9.00. The molecule has 1 fully saturated rings. The molecule has 0 atom stereocenters. The SMILES string of the molecule is Cl.O=[N+]([O-])c1cccc(CNC2CC2)c1. The van der Waals surface area contributed by atoms with E-state index in [9.17, 15) is 10.1 Å². The summed E-state index contributed by atoms with van der Waals surface area (Å²) in [5, 5.41) is 13.8. The average Bonchev–Trinajstić information content (AvgIpc) is 2.99. The van der Waals surface area contributed by atoms with Gasteiger partial charge in [0.1, 0.15) is 0 Å². The van der Waals surface area contributed by atoms with Crippen LogP contribution in [0.15, 0.2) is 24.3 Å². The molecule has 0 bridgehead atoms. The lowest BCUT2D eigenvalue weighted by molar-refractivity contribution is -0.384. The fourth-order valence-electron chi connectivity index (χ4n) is 1.33. The van der Waals surface area contributed by atoms with Crippen LogP contribution in [-0.2, 0) is 6.54 Å². The Morgan fingerprint density at radius 1 is 1.47 bits per heavy atom. The molecule has 0 saturated heterocycles. The first-order chi connectivity index (χ1) is 6.75. The Morgan fingerprint density at radius 2 is 2.20 bits per heavy atom. The molecule has 1 aliphatic rings. The Hall–Kier alpha value is -1.13. The second kappa shape index (κ2) is 5.09. The zero-order chi connectivity index (χ0) is 9.97. The van der Waals surface area contributed by atoms with Crippen molar-refractivity contribution < 1.29 is 4.92 Å². The fourth-order valence-corrected chi connectivity index (χ4v) is 1.33.